The van der Waals surface area contributed by atoms with Gasteiger partial charge in [-0.3, -0.25) is 4.90 Å². The molecular weight excluding hydrogens is 342 g/mol. The normalized spacial score (nSPS) is 16.7. The molecule has 1 aliphatic rings. The number of hydrogen-bond donors (Lipinski definition) is 2. The predicted octanol–water partition coefficient (Wildman–Crippen LogP) is 1.77. The number of cyclic esters (lactones) is 1. The Labute approximate surface area is 150 Å². The molecule has 2 N–H and O–H groups in total. The second-order valence-corrected chi connectivity index (χ2v) is 6.13. The number of benzene rings is 1. The van der Waals surface area contributed by atoms with Gasteiger partial charge in [0.15, 0.2) is 10.9 Å². The second-order valence-electron chi connectivity index (χ2n) is 5.72. The van der Waals surface area contributed by atoms with Gasteiger partial charge in [-0.2, -0.15) is 4.98 Å². The molecule has 8 nitrogen and oxygen atoms in total. The molecule has 1 aromatic carbocycles. The number of anilines is 1. The summed E-state index contributed by atoms with van der Waals surface area (Å²) in [5.41, 5.74) is 2.54. The Balaban J connectivity index is 1.72. The Morgan fingerprint density at radius 3 is 2.88 bits per heavy atom. The van der Waals surface area contributed by atoms with Gasteiger partial charge in [0, 0.05) is 18.3 Å². The lowest BCUT2D eigenvalue weighted by Crippen LogP contribution is -2.39. The molecule has 9 heteroatoms. The van der Waals surface area contributed by atoms with E-state index >= 15 is 0 Å². The van der Waals surface area contributed by atoms with E-state index in [9.17, 15) is 4.79 Å². The maximum atomic E-state index is 12.2. The van der Waals surface area contributed by atoms with E-state index in [0.29, 0.717) is 29.9 Å². The lowest BCUT2D eigenvalue weighted by molar-refractivity contribution is 0.143. The van der Waals surface area contributed by atoms with Crippen molar-refractivity contribution in [2.75, 3.05) is 25.0 Å². The van der Waals surface area contributed by atoms with Gasteiger partial charge in [-0.25, -0.2) is 4.79 Å². The number of carbonyl (C=O) groups is 1. The van der Waals surface area contributed by atoms with Crippen LogP contribution < -0.4 is 15.5 Å². The smallest absolute Gasteiger partial charge is 0.414 e. The van der Waals surface area contributed by atoms with Gasteiger partial charge in [-0.15, -0.1) is 0 Å². The van der Waals surface area contributed by atoms with E-state index in [1.807, 2.05) is 25.1 Å². The van der Waals surface area contributed by atoms with Crippen LogP contribution >= 0.6 is 12.2 Å². The molecule has 1 atom stereocenters. The quantitative estimate of drug-likeness (QED) is 0.796. The van der Waals surface area contributed by atoms with E-state index in [1.165, 1.54) is 0 Å². The Morgan fingerprint density at radius 2 is 2.24 bits per heavy atom. The fourth-order valence-corrected chi connectivity index (χ4v) is 2.68. The molecule has 1 amide bonds. The van der Waals surface area contributed by atoms with Gasteiger partial charge in [-0.05, 0) is 49.8 Å². The number of thiocarbonyl (C=S) groups is 1. The first kappa shape index (κ1) is 17.2. The number of nitrogens with zero attached hydrogens (tertiary/aromatic N) is 3. The maximum Gasteiger partial charge on any atom is 0.414 e. The van der Waals surface area contributed by atoms with Crippen LogP contribution in [0.3, 0.4) is 0 Å². The zero-order valence-corrected chi connectivity index (χ0v) is 15.0. The molecule has 1 aromatic heterocycles. The highest BCUT2D eigenvalue weighted by Gasteiger charge is 2.32. The molecule has 0 radical (unpaired) electrons. The van der Waals surface area contributed by atoms with Crippen molar-refractivity contribution in [2.24, 2.45) is 0 Å². The summed E-state index contributed by atoms with van der Waals surface area (Å²) < 4.78 is 10.6. The average Bonchev–Trinajstić information content (AvgIpc) is 3.18. The molecule has 1 unspecified atom stereocenters. The molecule has 0 spiro atoms. The number of amides is 1. The van der Waals surface area contributed by atoms with Gasteiger partial charge >= 0.3 is 6.09 Å². The number of ether oxygens (including phenoxy) is 1. The van der Waals surface area contributed by atoms with Gasteiger partial charge < -0.3 is 19.9 Å². The van der Waals surface area contributed by atoms with Crippen LogP contribution in [-0.2, 0) is 4.74 Å². The standard InChI is InChI=1S/C16H19N5O3S/c1-9-6-11(4-5-13(9)14-19-10(2)20-24-14)21-8-12(23-16(21)22)7-18-15(25)17-3/h4-6,12H,7-8H2,1-3H3,(H2,17,18,25). The van der Waals surface area contributed by atoms with Crippen LogP contribution in [0.4, 0.5) is 10.5 Å². The Kier molecular flexibility index (Phi) is 4.84. The van der Waals surface area contributed by atoms with Crippen LogP contribution in [0, 0.1) is 13.8 Å². The van der Waals surface area contributed by atoms with Crippen molar-refractivity contribution in [1.29, 1.82) is 0 Å². The third-order valence-electron chi connectivity index (χ3n) is 3.87. The molecule has 2 heterocycles. The van der Waals surface area contributed by atoms with Gasteiger partial charge in [0.2, 0.25) is 0 Å². The van der Waals surface area contributed by atoms with E-state index in [2.05, 4.69) is 20.8 Å². The largest absolute Gasteiger partial charge is 0.442 e. The summed E-state index contributed by atoms with van der Waals surface area (Å²) in [5, 5.41) is 10.1. The van der Waals surface area contributed by atoms with Crippen LogP contribution in [0.5, 0.6) is 0 Å². The van der Waals surface area contributed by atoms with Crippen molar-refractivity contribution in [3.63, 3.8) is 0 Å². The highest BCUT2D eigenvalue weighted by Crippen LogP contribution is 2.28. The number of rotatable bonds is 4. The molecule has 0 bridgehead atoms. The lowest BCUT2D eigenvalue weighted by Gasteiger charge is -2.15. The molecule has 1 saturated heterocycles. The molecule has 0 aliphatic carbocycles. The molecule has 2 aromatic rings. The van der Waals surface area contributed by atoms with Crippen LogP contribution in [0.15, 0.2) is 22.7 Å². The first-order valence-electron chi connectivity index (χ1n) is 7.83. The highest BCUT2D eigenvalue weighted by molar-refractivity contribution is 7.80. The molecule has 3 rings (SSSR count). The minimum atomic E-state index is -0.372. The van der Waals surface area contributed by atoms with Crippen molar-refractivity contribution >= 4 is 29.1 Å². The molecule has 132 valence electrons. The minimum Gasteiger partial charge on any atom is -0.442 e. The molecule has 1 aliphatic heterocycles. The van der Waals surface area contributed by atoms with Crippen LogP contribution in [0.25, 0.3) is 11.5 Å². The highest BCUT2D eigenvalue weighted by atomic mass is 32.1. The summed E-state index contributed by atoms with van der Waals surface area (Å²) in [4.78, 5) is 18.0. The molecule has 0 saturated carbocycles. The summed E-state index contributed by atoms with van der Waals surface area (Å²) in [6, 6.07) is 5.62. The minimum absolute atomic E-state index is 0.266. The monoisotopic (exact) mass is 361 g/mol. The first-order chi connectivity index (χ1) is 12.0. The lowest BCUT2D eigenvalue weighted by atomic mass is 10.1. The van der Waals surface area contributed by atoms with E-state index in [0.717, 1.165) is 16.8 Å². The zero-order valence-electron chi connectivity index (χ0n) is 14.2. The second kappa shape index (κ2) is 7.06. The Bertz CT molecular complexity index is 807. The van der Waals surface area contributed by atoms with Gasteiger partial charge in [-0.1, -0.05) is 5.16 Å². The summed E-state index contributed by atoms with van der Waals surface area (Å²) in [6.45, 7) is 4.62. The first-order valence-corrected chi connectivity index (χ1v) is 8.24. The van der Waals surface area contributed by atoms with Gasteiger partial charge in [0.1, 0.15) is 6.10 Å². The van der Waals surface area contributed by atoms with Crippen molar-refractivity contribution in [3.05, 3.63) is 29.6 Å². The van der Waals surface area contributed by atoms with Gasteiger partial charge in [0.05, 0.1) is 13.1 Å². The number of aromatic nitrogens is 2. The van der Waals surface area contributed by atoms with Crippen molar-refractivity contribution in [1.82, 2.24) is 20.8 Å². The Hall–Kier alpha value is -2.68. The third kappa shape index (κ3) is 3.71. The van der Waals surface area contributed by atoms with Crippen LogP contribution in [0.1, 0.15) is 11.4 Å². The summed E-state index contributed by atoms with van der Waals surface area (Å²) in [5.74, 6) is 1.05. The Morgan fingerprint density at radius 1 is 1.44 bits per heavy atom. The summed E-state index contributed by atoms with van der Waals surface area (Å²) in [6.07, 6.45) is -0.639. The number of carbonyl (C=O) groups excluding carboxylic acids is 1. The SMILES string of the molecule is CNC(=S)NCC1CN(c2ccc(-c3nc(C)no3)c(C)c2)C(=O)O1. The fourth-order valence-electron chi connectivity index (χ4n) is 2.60. The van der Waals surface area contributed by atoms with Crippen LogP contribution in [-0.4, -0.2) is 47.6 Å². The molecular formula is C16H19N5O3S. The fraction of sp³-hybridized carbons (Fsp3) is 0.375. The topological polar surface area (TPSA) is 92.5 Å². The number of aryl methyl sites for hydroxylation is 2. The van der Waals surface area contributed by atoms with Gasteiger partial charge in [0.25, 0.3) is 5.89 Å². The maximum absolute atomic E-state index is 12.2. The summed E-state index contributed by atoms with van der Waals surface area (Å²) >= 11 is 5.03. The molecule has 25 heavy (non-hydrogen) atoms. The van der Waals surface area contributed by atoms with E-state index in [-0.39, 0.29) is 12.2 Å². The van der Waals surface area contributed by atoms with E-state index < -0.39 is 0 Å². The van der Waals surface area contributed by atoms with Crippen molar-refractivity contribution in [2.45, 2.75) is 20.0 Å². The van der Waals surface area contributed by atoms with E-state index in [1.54, 1.807) is 18.9 Å². The molecule has 1 fully saturated rings. The van der Waals surface area contributed by atoms with Crippen LogP contribution in [0.2, 0.25) is 0 Å². The predicted molar refractivity (Wildman–Crippen MR) is 96.5 cm³/mol. The number of nitrogens with one attached hydrogen (secondary N) is 2. The van der Waals surface area contributed by atoms with E-state index in [4.69, 9.17) is 21.5 Å². The van der Waals surface area contributed by atoms with Crippen molar-refractivity contribution in [3.8, 4) is 11.5 Å². The zero-order chi connectivity index (χ0) is 18.0. The summed E-state index contributed by atoms with van der Waals surface area (Å²) in [7, 11) is 1.73. The van der Waals surface area contributed by atoms with Crippen molar-refractivity contribution < 1.29 is 14.1 Å². The third-order valence-corrected chi connectivity index (χ3v) is 4.22. The number of hydrogen-bond acceptors (Lipinski definition) is 6. The average molecular weight is 361 g/mol.